The molecule has 2 unspecified atom stereocenters. The first kappa shape index (κ1) is 16.0. The maximum Gasteiger partial charge on any atom is 0.144 e. The summed E-state index contributed by atoms with van der Waals surface area (Å²) in [6, 6.07) is 6.61. The predicted octanol–water partition coefficient (Wildman–Crippen LogP) is 4.68. The molecule has 1 aromatic rings. The summed E-state index contributed by atoms with van der Waals surface area (Å²) in [6.45, 7) is 8.72. The van der Waals surface area contributed by atoms with Crippen LogP contribution >= 0.6 is 0 Å². The monoisotopic (exact) mass is 290 g/mol. The number of anilines is 2. The van der Waals surface area contributed by atoms with Gasteiger partial charge in [-0.1, -0.05) is 26.7 Å². The number of nitrogen functional groups attached to an aromatic ring is 1. The summed E-state index contributed by atoms with van der Waals surface area (Å²) in [5.74, 6) is 2.26. The summed E-state index contributed by atoms with van der Waals surface area (Å²) in [7, 11) is 0. The van der Waals surface area contributed by atoms with Gasteiger partial charge >= 0.3 is 0 Å². The van der Waals surface area contributed by atoms with Crippen molar-refractivity contribution in [1.29, 1.82) is 0 Å². The summed E-state index contributed by atoms with van der Waals surface area (Å²) in [6.07, 6.45) is 5.42. The Bertz CT molecular complexity index is 457. The molecular formula is C18H30N2O. The van der Waals surface area contributed by atoms with Gasteiger partial charge in [-0.25, -0.2) is 0 Å². The summed E-state index contributed by atoms with van der Waals surface area (Å²) in [5.41, 5.74) is 7.82. The Morgan fingerprint density at radius 3 is 2.52 bits per heavy atom. The van der Waals surface area contributed by atoms with Gasteiger partial charge in [0, 0.05) is 17.8 Å². The van der Waals surface area contributed by atoms with E-state index in [2.05, 4.69) is 25.2 Å². The second-order valence-corrected chi connectivity index (χ2v) is 6.86. The van der Waals surface area contributed by atoms with E-state index in [0.717, 1.165) is 23.3 Å². The molecule has 0 aliphatic heterocycles. The van der Waals surface area contributed by atoms with Crippen LogP contribution in [0.1, 0.15) is 53.4 Å². The number of ether oxygens (including phenoxy) is 1. The molecule has 0 amide bonds. The van der Waals surface area contributed by atoms with Crippen molar-refractivity contribution in [2.24, 2.45) is 11.8 Å². The van der Waals surface area contributed by atoms with E-state index in [1.165, 1.54) is 25.7 Å². The van der Waals surface area contributed by atoms with E-state index >= 15 is 0 Å². The highest BCUT2D eigenvalue weighted by molar-refractivity contribution is 5.61. The largest absolute Gasteiger partial charge is 0.489 e. The molecule has 0 aromatic heterocycles. The van der Waals surface area contributed by atoms with Crippen molar-refractivity contribution in [2.45, 2.75) is 65.5 Å². The van der Waals surface area contributed by atoms with Crippen LogP contribution in [0.3, 0.4) is 0 Å². The number of hydrogen-bond donors (Lipinski definition) is 2. The minimum Gasteiger partial charge on any atom is -0.489 e. The molecule has 21 heavy (non-hydrogen) atoms. The Morgan fingerprint density at radius 1 is 1.14 bits per heavy atom. The van der Waals surface area contributed by atoms with E-state index in [4.69, 9.17) is 10.5 Å². The number of rotatable bonds is 5. The number of benzene rings is 1. The fourth-order valence-electron chi connectivity index (χ4n) is 3.33. The predicted molar refractivity (Wildman–Crippen MR) is 90.8 cm³/mol. The minimum absolute atomic E-state index is 0.139. The molecule has 0 heterocycles. The lowest BCUT2D eigenvalue weighted by atomic mass is 9.78. The molecule has 118 valence electrons. The molecule has 3 nitrogen and oxygen atoms in total. The van der Waals surface area contributed by atoms with Gasteiger partial charge in [-0.2, -0.15) is 0 Å². The molecule has 0 saturated heterocycles. The SMILES string of the molecule is CC(C)Oc1cc(NC2CCCCC2C(C)C)ccc1N. The van der Waals surface area contributed by atoms with E-state index in [1.54, 1.807) is 0 Å². The highest BCUT2D eigenvalue weighted by atomic mass is 16.5. The van der Waals surface area contributed by atoms with Gasteiger partial charge in [0.25, 0.3) is 0 Å². The second kappa shape index (κ2) is 7.06. The van der Waals surface area contributed by atoms with Gasteiger partial charge in [0.05, 0.1) is 11.8 Å². The normalized spacial score (nSPS) is 22.6. The zero-order chi connectivity index (χ0) is 15.4. The van der Waals surface area contributed by atoms with E-state index in [-0.39, 0.29) is 6.10 Å². The molecule has 2 rings (SSSR count). The minimum atomic E-state index is 0.139. The van der Waals surface area contributed by atoms with Gasteiger partial charge < -0.3 is 15.8 Å². The molecule has 1 aliphatic rings. The van der Waals surface area contributed by atoms with Crippen LogP contribution in [0.5, 0.6) is 5.75 Å². The van der Waals surface area contributed by atoms with Gasteiger partial charge in [-0.05, 0) is 50.7 Å². The first-order valence-corrected chi connectivity index (χ1v) is 8.30. The number of nitrogens with one attached hydrogen (secondary N) is 1. The van der Waals surface area contributed by atoms with Crippen LogP contribution in [-0.4, -0.2) is 12.1 Å². The van der Waals surface area contributed by atoms with Gasteiger partial charge in [0.15, 0.2) is 0 Å². The first-order chi connectivity index (χ1) is 9.97. The molecule has 1 aliphatic carbocycles. The highest BCUT2D eigenvalue weighted by Gasteiger charge is 2.27. The van der Waals surface area contributed by atoms with Crippen molar-refractivity contribution in [3.63, 3.8) is 0 Å². The average molecular weight is 290 g/mol. The highest BCUT2D eigenvalue weighted by Crippen LogP contribution is 2.34. The fourth-order valence-corrected chi connectivity index (χ4v) is 3.33. The van der Waals surface area contributed by atoms with Crippen molar-refractivity contribution < 1.29 is 4.74 Å². The number of hydrogen-bond acceptors (Lipinski definition) is 3. The molecule has 1 fully saturated rings. The Hall–Kier alpha value is -1.38. The Labute approximate surface area is 129 Å². The van der Waals surface area contributed by atoms with Crippen LogP contribution in [0, 0.1) is 11.8 Å². The fraction of sp³-hybridized carbons (Fsp3) is 0.667. The smallest absolute Gasteiger partial charge is 0.144 e. The number of nitrogens with two attached hydrogens (primary N) is 1. The molecule has 0 spiro atoms. The zero-order valence-electron chi connectivity index (χ0n) is 13.9. The summed E-state index contributed by atoms with van der Waals surface area (Å²) in [4.78, 5) is 0. The lowest BCUT2D eigenvalue weighted by Crippen LogP contribution is -2.35. The summed E-state index contributed by atoms with van der Waals surface area (Å²) in [5, 5.41) is 3.72. The van der Waals surface area contributed by atoms with Crippen molar-refractivity contribution in [1.82, 2.24) is 0 Å². The Morgan fingerprint density at radius 2 is 1.86 bits per heavy atom. The second-order valence-electron chi connectivity index (χ2n) is 6.86. The van der Waals surface area contributed by atoms with Crippen molar-refractivity contribution in [3.05, 3.63) is 18.2 Å². The first-order valence-electron chi connectivity index (χ1n) is 8.30. The molecule has 2 atom stereocenters. The van der Waals surface area contributed by atoms with Crippen LogP contribution in [-0.2, 0) is 0 Å². The van der Waals surface area contributed by atoms with Crippen molar-refractivity contribution in [3.8, 4) is 5.75 Å². The summed E-state index contributed by atoms with van der Waals surface area (Å²) >= 11 is 0. The standard InChI is InChI=1S/C18H30N2O/c1-12(2)15-7-5-6-8-17(15)20-14-9-10-16(19)18(11-14)21-13(3)4/h9-13,15,17,20H,5-8,19H2,1-4H3. The van der Waals surface area contributed by atoms with E-state index in [9.17, 15) is 0 Å². The van der Waals surface area contributed by atoms with Gasteiger partial charge in [0.2, 0.25) is 0 Å². The van der Waals surface area contributed by atoms with Gasteiger partial charge in [-0.15, -0.1) is 0 Å². The topological polar surface area (TPSA) is 47.3 Å². The zero-order valence-corrected chi connectivity index (χ0v) is 13.9. The molecule has 0 bridgehead atoms. The quantitative estimate of drug-likeness (QED) is 0.774. The third kappa shape index (κ3) is 4.29. The van der Waals surface area contributed by atoms with Crippen LogP contribution in [0.2, 0.25) is 0 Å². The van der Waals surface area contributed by atoms with Crippen LogP contribution < -0.4 is 15.8 Å². The van der Waals surface area contributed by atoms with E-state index < -0.39 is 0 Å². The molecule has 3 N–H and O–H groups in total. The van der Waals surface area contributed by atoms with Crippen LogP contribution in [0.15, 0.2) is 18.2 Å². The average Bonchev–Trinajstić information content (AvgIpc) is 2.42. The van der Waals surface area contributed by atoms with E-state index in [1.807, 2.05) is 26.0 Å². The molecular weight excluding hydrogens is 260 g/mol. The molecule has 3 heteroatoms. The van der Waals surface area contributed by atoms with Crippen molar-refractivity contribution >= 4 is 11.4 Å². The van der Waals surface area contributed by atoms with Crippen molar-refractivity contribution in [2.75, 3.05) is 11.1 Å². The van der Waals surface area contributed by atoms with Crippen LogP contribution in [0.25, 0.3) is 0 Å². The third-order valence-electron chi connectivity index (χ3n) is 4.40. The Balaban J connectivity index is 2.11. The van der Waals surface area contributed by atoms with E-state index in [0.29, 0.717) is 11.7 Å². The summed E-state index contributed by atoms with van der Waals surface area (Å²) < 4.78 is 5.78. The lowest BCUT2D eigenvalue weighted by molar-refractivity contribution is 0.243. The molecule has 0 radical (unpaired) electrons. The third-order valence-corrected chi connectivity index (χ3v) is 4.40. The molecule has 1 aromatic carbocycles. The maximum atomic E-state index is 5.99. The molecule has 1 saturated carbocycles. The van der Waals surface area contributed by atoms with Crippen LogP contribution in [0.4, 0.5) is 11.4 Å². The van der Waals surface area contributed by atoms with Gasteiger partial charge in [0.1, 0.15) is 5.75 Å². The maximum absolute atomic E-state index is 5.99. The lowest BCUT2D eigenvalue weighted by Gasteiger charge is -2.35. The Kier molecular flexibility index (Phi) is 5.38. The van der Waals surface area contributed by atoms with Gasteiger partial charge in [-0.3, -0.25) is 0 Å².